The van der Waals surface area contributed by atoms with E-state index in [0.29, 0.717) is 22.5 Å². The van der Waals surface area contributed by atoms with Crippen molar-refractivity contribution in [2.45, 2.75) is 0 Å². The topological polar surface area (TPSA) is 94.9 Å². The Labute approximate surface area is 160 Å². The number of allylic oxidation sites excluding steroid dienone is 1. The number of hydrogen-bond acceptors (Lipinski definition) is 4. The Balaban J connectivity index is 1.88. The summed E-state index contributed by atoms with van der Waals surface area (Å²) < 4.78 is 14.3. The van der Waals surface area contributed by atoms with Crippen molar-refractivity contribution in [1.82, 2.24) is 20.2 Å². The Morgan fingerprint density at radius 1 is 1.14 bits per heavy atom. The summed E-state index contributed by atoms with van der Waals surface area (Å²) in [4.78, 5) is 8.82. The molecule has 4 aromatic rings. The van der Waals surface area contributed by atoms with Crippen molar-refractivity contribution in [3.05, 3.63) is 72.6 Å². The first-order valence-electron chi connectivity index (χ1n) is 8.77. The maximum atomic E-state index is 14.3. The van der Waals surface area contributed by atoms with Gasteiger partial charge < -0.3 is 10.7 Å². The van der Waals surface area contributed by atoms with Crippen LogP contribution in [0.25, 0.3) is 39.0 Å². The summed E-state index contributed by atoms with van der Waals surface area (Å²) >= 11 is 0. The van der Waals surface area contributed by atoms with Crippen LogP contribution in [0.2, 0.25) is 0 Å². The monoisotopic (exact) mass is 373 g/mol. The molecule has 0 aliphatic carbocycles. The molecular weight excluding hydrogens is 355 g/mol. The number of nitrogens with zero attached hydrogens (tertiary/aromatic N) is 3. The molecule has 0 aliphatic rings. The van der Waals surface area contributed by atoms with Crippen molar-refractivity contribution in [3.8, 4) is 22.5 Å². The maximum absolute atomic E-state index is 14.3. The van der Waals surface area contributed by atoms with Crippen LogP contribution in [0.5, 0.6) is 0 Å². The van der Waals surface area contributed by atoms with Gasteiger partial charge >= 0.3 is 0 Å². The molecule has 7 heteroatoms. The van der Waals surface area contributed by atoms with E-state index in [1.165, 1.54) is 18.6 Å². The van der Waals surface area contributed by atoms with Crippen molar-refractivity contribution >= 4 is 22.7 Å². The summed E-state index contributed by atoms with van der Waals surface area (Å²) in [6, 6.07) is 12.3. The second kappa shape index (κ2) is 7.50. The highest BCUT2D eigenvalue weighted by molar-refractivity contribution is 6.09. The number of aromatic amines is 1. The van der Waals surface area contributed by atoms with Crippen LogP contribution >= 0.6 is 0 Å². The number of benzene rings is 2. The van der Waals surface area contributed by atoms with Crippen LogP contribution in [0.3, 0.4) is 0 Å². The zero-order valence-electron chi connectivity index (χ0n) is 15.1. The standard InChI is InChI=1S/C21H17FN6/c1-24-10-14(9-23)13-6-7-16-19(8-13)25-12-26-20(16)17-11-27-28-21(17)15-4-2-3-5-18(15)22/h2-12,23-24H,1H3,(H,27,28)/p+1/b14-10+,23-9?. The van der Waals surface area contributed by atoms with Gasteiger partial charge in [-0.25, -0.2) is 14.4 Å². The minimum absolute atomic E-state index is 0.328. The lowest BCUT2D eigenvalue weighted by Gasteiger charge is -2.08. The molecular formula is C21H18FN6+. The number of quaternary nitrogens is 1. The van der Waals surface area contributed by atoms with E-state index in [4.69, 9.17) is 5.41 Å². The third-order valence-corrected chi connectivity index (χ3v) is 4.51. The van der Waals surface area contributed by atoms with Crippen LogP contribution in [0.1, 0.15) is 5.56 Å². The first-order chi connectivity index (χ1) is 13.7. The molecule has 0 radical (unpaired) electrons. The molecule has 28 heavy (non-hydrogen) atoms. The number of nitrogens with two attached hydrogens (primary N) is 1. The molecule has 0 amide bonds. The first kappa shape index (κ1) is 17.7. The van der Waals surface area contributed by atoms with E-state index in [0.717, 1.165) is 22.0 Å². The number of nitrogens with one attached hydrogen (secondary N) is 2. The second-order valence-corrected chi connectivity index (χ2v) is 6.19. The minimum atomic E-state index is -0.328. The fourth-order valence-corrected chi connectivity index (χ4v) is 3.19. The van der Waals surface area contributed by atoms with E-state index < -0.39 is 0 Å². The molecule has 6 nitrogen and oxygen atoms in total. The van der Waals surface area contributed by atoms with Crippen molar-refractivity contribution < 1.29 is 9.71 Å². The average Bonchev–Trinajstić information content (AvgIpc) is 3.21. The van der Waals surface area contributed by atoms with Gasteiger partial charge in [0.25, 0.3) is 0 Å². The van der Waals surface area contributed by atoms with Gasteiger partial charge in [-0.3, -0.25) is 5.10 Å². The lowest BCUT2D eigenvalue weighted by Crippen LogP contribution is -2.72. The van der Waals surface area contributed by atoms with Gasteiger partial charge in [0.05, 0.1) is 35.7 Å². The average molecular weight is 373 g/mol. The zero-order chi connectivity index (χ0) is 19.5. The number of halogens is 1. The SMILES string of the molecule is C[NH2+]/C=C(\C=N)c1ccc2c(-c3cn[nH]c3-c3ccccc3F)ncnc2c1. The predicted octanol–water partition coefficient (Wildman–Crippen LogP) is 3.01. The Morgan fingerprint density at radius 3 is 2.79 bits per heavy atom. The van der Waals surface area contributed by atoms with Crippen LogP contribution in [0, 0.1) is 11.2 Å². The molecule has 0 unspecified atom stereocenters. The lowest BCUT2D eigenvalue weighted by atomic mass is 10.00. The van der Waals surface area contributed by atoms with Crippen LogP contribution in [-0.2, 0) is 0 Å². The van der Waals surface area contributed by atoms with Crippen LogP contribution in [0.15, 0.2) is 61.2 Å². The fourth-order valence-electron chi connectivity index (χ4n) is 3.19. The highest BCUT2D eigenvalue weighted by Gasteiger charge is 2.17. The summed E-state index contributed by atoms with van der Waals surface area (Å²) in [5.41, 5.74) is 4.81. The van der Waals surface area contributed by atoms with Gasteiger partial charge in [-0.15, -0.1) is 0 Å². The van der Waals surface area contributed by atoms with E-state index in [2.05, 4.69) is 20.2 Å². The molecule has 0 bridgehead atoms. The Morgan fingerprint density at radius 2 is 2.00 bits per heavy atom. The summed E-state index contributed by atoms with van der Waals surface area (Å²) in [6.45, 7) is 0. The summed E-state index contributed by atoms with van der Waals surface area (Å²) in [6.07, 6.45) is 6.32. The number of rotatable bonds is 5. The lowest BCUT2D eigenvalue weighted by molar-refractivity contribution is -0.555. The van der Waals surface area contributed by atoms with Crippen LogP contribution in [0.4, 0.5) is 4.39 Å². The largest absolute Gasteiger partial charge is 0.322 e. The molecule has 4 rings (SSSR count). The van der Waals surface area contributed by atoms with Crippen molar-refractivity contribution in [1.29, 1.82) is 5.41 Å². The van der Waals surface area contributed by atoms with Gasteiger partial charge in [-0.05, 0) is 29.8 Å². The zero-order valence-corrected chi connectivity index (χ0v) is 15.1. The molecule has 138 valence electrons. The van der Waals surface area contributed by atoms with Crippen molar-refractivity contribution in [3.63, 3.8) is 0 Å². The molecule has 2 aromatic carbocycles. The number of fused-ring (bicyclic) bond motifs is 1. The van der Waals surface area contributed by atoms with Gasteiger partial charge in [-0.2, -0.15) is 5.10 Å². The molecule has 0 fully saturated rings. The van der Waals surface area contributed by atoms with Crippen molar-refractivity contribution in [2.24, 2.45) is 0 Å². The minimum Gasteiger partial charge on any atom is -0.322 e. The number of hydrogen-bond donors (Lipinski definition) is 3. The van der Waals surface area contributed by atoms with Crippen molar-refractivity contribution in [2.75, 3.05) is 7.05 Å². The quantitative estimate of drug-likeness (QED) is 0.469. The normalized spacial score (nSPS) is 11.7. The van der Waals surface area contributed by atoms with E-state index in [1.807, 2.05) is 36.8 Å². The summed E-state index contributed by atoms with van der Waals surface area (Å²) in [5, 5.41) is 17.3. The Kier molecular flexibility index (Phi) is 4.74. The molecule has 2 aromatic heterocycles. The highest BCUT2D eigenvalue weighted by atomic mass is 19.1. The molecule has 0 saturated carbocycles. The molecule has 0 atom stereocenters. The smallest absolute Gasteiger partial charge is 0.132 e. The molecule has 0 spiro atoms. The third kappa shape index (κ3) is 3.08. The third-order valence-electron chi connectivity index (χ3n) is 4.51. The highest BCUT2D eigenvalue weighted by Crippen LogP contribution is 2.34. The molecule has 0 aliphatic heterocycles. The molecule has 0 saturated heterocycles. The van der Waals surface area contributed by atoms with E-state index >= 15 is 0 Å². The Bertz CT molecular complexity index is 1190. The molecule has 4 N–H and O–H groups in total. The van der Waals surface area contributed by atoms with Gasteiger partial charge in [-0.1, -0.05) is 18.2 Å². The van der Waals surface area contributed by atoms with E-state index in [9.17, 15) is 4.39 Å². The van der Waals surface area contributed by atoms with Gasteiger partial charge in [0.1, 0.15) is 18.3 Å². The summed E-state index contributed by atoms with van der Waals surface area (Å²) in [5.74, 6) is -0.328. The second-order valence-electron chi connectivity index (χ2n) is 6.19. The Hall–Kier alpha value is -3.71. The van der Waals surface area contributed by atoms with E-state index in [-0.39, 0.29) is 5.82 Å². The van der Waals surface area contributed by atoms with Gasteiger partial charge in [0.15, 0.2) is 0 Å². The van der Waals surface area contributed by atoms with Gasteiger partial charge in [0, 0.05) is 22.7 Å². The van der Waals surface area contributed by atoms with Gasteiger partial charge in [0.2, 0.25) is 0 Å². The van der Waals surface area contributed by atoms with Crippen LogP contribution in [-0.4, -0.2) is 33.4 Å². The number of aromatic nitrogens is 4. The predicted molar refractivity (Wildman–Crippen MR) is 107 cm³/mol. The fraction of sp³-hybridized carbons (Fsp3) is 0.0476. The first-order valence-corrected chi connectivity index (χ1v) is 8.77. The van der Waals surface area contributed by atoms with Crippen LogP contribution < -0.4 is 5.32 Å². The number of H-pyrrole nitrogens is 1. The molecule has 2 heterocycles. The maximum Gasteiger partial charge on any atom is 0.132 e. The van der Waals surface area contributed by atoms with E-state index in [1.54, 1.807) is 24.4 Å². The summed E-state index contributed by atoms with van der Waals surface area (Å²) in [7, 11) is 1.91.